The van der Waals surface area contributed by atoms with Gasteiger partial charge in [0.1, 0.15) is 11.6 Å². The van der Waals surface area contributed by atoms with Crippen LogP contribution in [0.2, 0.25) is 0 Å². The van der Waals surface area contributed by atoms with Crippen LogP contribution in [0.3, 0.4) is 0 Å². The Morgan fingerprint density at radius 2 is 1.84 bits per heavy atom. The zero-order chi connectivity index (χ0) is 13.6. The molecule has 104 valence electrons. The number of hydrogen-bond acceptors (Lipinski definition) is 1. The van der Waals surface area contributed by atoms with Crippen molar-refractivity contribution >= 4 is 15.9 Å². The molecule has 0 spiro atoms. The Hall–Kier alpha value is -0.480. The molecule has 0 saturated heterocycles. The first-order chi connectivity index (χ1) is 9.09. The second-order valence-corrected chi connectivity index (χ2v) is 6.73. The second-order valence-electron chi connectivity index (χ2n) is 5.88. The van der Waals surface area contributed by atoms with E-state index >= 15 is 0 Å². The van der Waals surface area contributed by atoms with E-state index in [1.165, 1.54) is 37.8 Å². The molecule has 1 aromatic rings. The fourth-order valence-electron chi connectivity index (χ4n) is 3.81. The number of hydrogen-bond donors (Lipinski definition) is 1. The molecule has 0 heterocycles. The summed E-state index contributed by atoms with van der Waals surface area (Å²) < 4.78 is 28.0. The molecular weight excluding hydrogens is 312 g/mol. The van der Waals surface area contributed by atoms with E-state index in [4.69, 9.17) is 5.73 Å². The van der Waals surface area contributed by atoms with E-state index < -0.39 is 11.6 Å². The maximum atomic E-state index is 13.9. The van der Waals surface area contributed by atoms with Crippen molar-refractivity contribution in [3.8, 4) is 0 Å². The van der Waals surface area contributed by atoms with E-state index in [0.29, 0.717) is 28.6 Å². The topological polar surface area (TPSA) is 26.0 Å². The van der Waals surface area contributed by atoms with Crippen molar-refractivity contribution < 1.29 is 8.78 Å². The first kappa shape index (κ1) is 13.5. The number of nitrogens with two attached hydrogens (primary N) is 1. The molecule has 2 saturated carbocycles. The molecule has 3 rings (SSSR count). The highest BCUT2D eigenvalue weighted by molar-refractivity contribution is 9.10. The minimum atomic E-state index is -0.501. The number of fused-ring (bicyclic) bond motifs is 1. The van der Waals surface area contributed by atoms with E-state index in [0.717, 1.165) is 0 Å². The Labute approximate surface area is 120 Å². The second kappa shape index (κ2) is 5.13. The smallest absolute Gasteiger partial charge is 0.143 e. The highest BCUT2D eigenvalue weighted by Gasteiger charge is 2.53. The molecule has 3 atom stereocenters. The SMILES string of the molecule is NC(Cc1c(F)ccc(Br)c1F)C1C2CCCCC21. The predicted octanol–water partition coefficient (Wildman–Crippen LogP) is 4.03. The molecular formula is C15H18BrF2N. The summed E-state index contributed by atoms with van der Waals surface area (Å²) in [6.45, 7) is 0. The van der Waals surface area contributed by atoms with Gasteiger partial charge < -0.3 is 5.73 Å². The molecule has 0 aromatic heterocycles. The van der Waals surface area contributed by atoms with Crippen LogP contribution in [0.15, 0.2) is 16.6 Å². The van der Waals surface area contributed by atoms with Gasteiger partial charge in [0.25, 0.3) is 0 Å². The maximum Gasteiger partial charge on any atom is 0.143 e. The Bertz CT molecular complexity index is 479. The fourth-order valence-corrected chi connectivity index (χ4v) is 4.18. The van der Waals surface area contributed by atoms with Gasteiger partial charge in [-0.05, 0) is 65.1 Å². The minimum Gasteiger partial charge on any atom is -0.327 e. The summed E-state index contributed by atoms with van der Waals surface area (Å²) in [6, 6.07) is 2.58. The van der Waals surface area contributed by atoms with Crippen molar-refractivity contribution in [2.75, 3.05) is 0 Å². The Balaban J connectivity index is 1.73. The van der Waals surface area contributed by atoms with Crippen LogP contribution >= 0.6 is 15.9 Å². The predicted molar refractivity (Wildman–Crippen MR) is 74.7 cm³/mol. The molecule has 1 aromatic carbocycles. The average molecular weight is 330 g/mol. The van der Waals surface area contributed by atoms with Gasteiger partial charge in [0, 0.05) is 11.6 Å². The van der Waals surface area contributed by atoms with Crippen molar-refractivity contribution in [1.82, 2.24) is 0 Å². The van der Waals surface area contributed by atoms with E-state index in [-0.39, 0.29) is 11.6 Å². The molecule has 0 bridgehead atoms. The van der Waals surface area contributed by atoms with Crippen LogP contribution in [0.4, 0.5) is 8.78 Å². The monoisotopic (exact) mass is 329 g/mol. The quantitative estimate of drug-likeness (QED) is 0.832. The Kier molecular flexibility index (Phi) is 3.65. The van der Waals surface area contributed by atoms with Crippen LogP contribution in [0, 0.1) is 29.4 Å². The van der Waals surface area contributed by atoms with E-state index in [1.54, 1.807) is 0 Å². The molecule has 2 fully saturated rings. The summed E-state index contributed by atoms with van der Waals surface area (Å²) >= 11 is 3.10. The Morgan fingerprint density at radius 1 is 1.21 bits per heavy atom. The fraction of sp³-hybridized carbons (Fsp3) is 0.600. The molecule has 0 radical (unpaired) electrons. The summed E-state index contributed by atoms with van der Waals surface area (Å²) in [5, 5.41) is 0. The Morgan fingerprint density at radius 3 is 2.47 bits per heavy atom. The standard InChI is InChI=1S/C15H18BrF2N/c16-11-5-6-12(17)10(15(11)18)7-13(19)14-8-3-1-2-4-9(8)14/h5-6,8-9,13-14H,1-4,7,19H2. The molecule has 2 N–H and O–H groups in total. The van der Waals surface area contributed by atoms with Crippen LogP contribution in [0.25, 0.3) is 0 Å². The summed E-state index contributed by atoms with van der Waals surface area (Å²) in [6.07, 6.45) is 5.35. The number of rotatable bonds is 3. The summed E-state index contributed by atoms with van der Waals surface area (Å²) in [4.78, 5) is 0. The normalized spacial score (nSPS) is 30.8. The van der Waals surface area contributed by atoms with E-state index in [9.17, 15) is 8.78 Å². The number of halogens is 3. The molecule has 0 amide bonds. The lowest BCUT2D eigenvalue weighted by Crippen LogP contribution is -2.27. The van der Waals surface area contributed by atoms with Crippen LogP contribution in [0.1, 0.15) is 31.2 Å². The van der Waals surface area contributed by atoms with E-state index in [1.807, 2.05) is 0 Å². The molecule has 2 aliphatic rings. The third kappa shape index (κ3) is 2.45. The lowest BCUT2D eigenvalue weighted by Gasteiger charge is -2.13. The van der Waals surface area contributed by atoms with Gasteiger partial charge in [0.15, 0.2) is 0 Å². The maximum absolute atomic E-state index is 13.9. The largest absolute Gasteiger partial charge is 0.327 e. The molecule has 19 heavy (non-hydrogen) atoms. The van der Waals surface area contributed by atoms with Crippen LogP contribution < -0.4 is 5.73 Å². The van der Waals surface area contributed by atoms with Gasteiger partial charge in [0.2, 0.25) is 0 Å². The van der Waals surface area contributed by atoms with Crippen molar-refractivity contribution in [2.24, 2.45) is 23.5 Å². The summed E-state index contributed by atoms with van der Waals surface area (Å²) in [5.41, 5.74) is 6.34. The van der Waals surface area contributed by atoms with Gasteiger partial charge >= 0.3 is 0 Å². The van der Waals surface area contributed by atoms with Gasteiger partial charge in [-0.3, -0.25) is 0 Å². The van der Waals surface area contributed by atoms with Gasteiger partial charge in [-0.15, -0.1) is 0 Å². The van der Waals surface area contributed by atoms with Gasteiger partial charge in [-0.2, -0.15) is 0 Å². The minimum absolute atomic E-state index is 0.119. The lowest BCUT2D eigenvalue weighted by molar-refractivity contribution is 0.480. The van der Waals surface area contributed by atoms with Gasteiger partial charge in [0.05, 0.1) is 4.47 Å². The van der Waals surface area contributed by atoms with Gasteiger partial charge in [-0.1, -0.05) is 12.8 Å². The summed E-state index contributed by atoms with van der Waals surface area (Å²) in [7, 11) is 0. The van der Waals surface area contributed by atoms with Crippen molar-refractivity contribution in [2.45, 2.75) is 38.1 Å². The summed E-state index contributed by atoms with van der Waals surface area (Å²) in [5.74, 6) is 0.906. The first-order valence-corrected chi connectivity index (χ1v) is 7.77. The van der Waals surface area contributed by atoms with Crippen molar-refractivity contribution in [1.29, 1.82) is 0 Å². The average Bonchev–Trinajstić information content (AvgIpc) is 3.13. The first-order valence-electron chi connectivity index (χ1n) is 6.97. The zero-order valence-electron chi connectivity index (χ0n) is 10.7. The van der Waals surface area contributed by atoms with Crippen molar-refractivity contribution in [3.63, 3.8) is 0 Å². The van der Waals surface area contributed by atoms with Crippen LogP contribution in [-0.4, -0.2) is 6.04 Å². The van der Waals surface area contributed by atoms with Crippen LogP contribution in [-0.2, 0) is 6.42 Å². The van der Waals surface area contributed by atoms with Crippen molar-refractivity contribution in [3.05, 3.63) is 33.8 Å². The number of benzene rings is 1. The molecule has 4 heteroatoms. The molecule has 3 unspecified atom stereocenters. The van der Waals surface area contributed by atoms with E-state index in [2.05, 4.69) is 15.9 Å². The molecule has 0 aliphatic heterocycles. The molecule has 1 nitrogen and oxygen atoms in total. The molecule has 2 aliphatic carbocycles. The zero-order valence-corrected chi connectivity index (χ0v) is 12.3. The highest BCUT2D eigenvalue weighted by Crippen LogP contribution is 2.56. The van der Waals surface area contributed by atoms with Crippen LogP contribution in [0.5, 0.6) is 0 Å². The highest BCUT2D eigenvalue weighted by atomic mass is 79.9. The third-order valence-electron chi connectivity index (χ3n) is 4.80. The lowest BCUT2D eigenvalue weighted by atomic mass is 10.00. The van der Waals surface area contributed by atoms with Gasteiger partial charge in [-0.25, -0.2) is 8.78 Å². The third-order valence-corrected chi connectivity index (χ3v) is 5.41.